The summed E-state index contributed by atoms with van der Waals surface area (Å²) in [5.41, 5.74) is 4.75. The average Bonchev–Trinajstić information content (AvgIpc) is 2.94. The maximum Gasteiger partial charge on any atom is 0.262 e. The number of carbonyl (C=O) groups excluding carboxylic acids is 1. The summed E-state index contributed by atoms with van der Waals surface area (Å²) in [5, 5.41) is 0. The van der Waals surface area contributed by atoms with Crippen molar-refractivity contribution in [2.24, 2.45) is 5.92 Å². The predicted molar refractivity (Wildman–Crippen MR) is 109 cm³/mol. The Labute approximate surface area is 165 Å². The molecule has 3 rings (SSSR count). The van der Waals surface area contributed by atoms with Gasteiger partial charge in [-0.2, -0.15) is 0 Å². The van der Waals surface area contributed by atoms with E-state index in [0.29, 0.717) is 23.1 Å². The third-order valence-corrected chi connectivity index (χ3v) is 6.88. The van der Waals surface area contributed by atoms with E-state index in [1.807, 2.05) is 13.8 Å². The van der Waals surface area contributed by atoms with Crippen molar-refractivity contribution in [2.45, 2.75) is 45.4 Å². The van der Waals surface area contributed by atoms with Gasteiger partial charge in [-0.25, -0.2) is 12.8 Å². The molecule has 0 amide bonds. The minimum atomic E-state index is -3.93. The Balaban J connectivity index is 2.12. The van der Waals surface area contributed by atoms with Crippen LogP contribution in [-0.4, -0.2) is 14.7 Å². The lowest BCUT2D eigenvalue weighted by molar-refractivity contribution is -0.109. The molecule has 1 aliphatic carbocycles. The van der Waals surface area contributed by atoms with Gasteiger partial charge in [0.15, 0.2) is 0 Å². The molecule has 0 bridgehead atoms. The van der Waals surface area contributed by atoms with Crippen molar-refractivity contribution >= 4 is 27.6 Å². The van der Waals surface area contributed by atoms with Gasteiger partial charge in [0, 0.05) is 11.5 Å². The number of anilines is 1. The lowest BCUT2D eigenvalue weighted by Crippen LogP contribution is -2.17. The van der Waals surface area contributed by atoms with E-state index in [9.17, 15) is 17.6 Å². The van der Waals surface area contributed by atoms with Crippen molar-refractivity contribution < 1.29 is 17.6 Å². The molecule has 0 heterocycles. The van der Waals surface area contributed by atoms with Gasteiger partial charge >= 0.3 is 0 Å². The van der Waals surface area contributed by atoms with E-state index >= 15 is 0 Å². The summed E-state index contributed by atoms with van der Waals surface area (Å²) < 4.78 is 42.8. The number of benzene rings is 2. The summed E-state index contributed by atoms with van der Waals surface area (Å²) in [6.45, 7) is 7.32. The van der Waals surface area contributed by atoms with E-state index in [0.717, 1.165) is 29.4 Å². The Kier molecular flexibility index (Phi) is 5.44. The average molecular weight is 402 g/mol. The zero-order valence-electron chi connectivity index (χ0n) is 16.5. The van der Waals surface area contributed by atoms with Crippen LogP contribution < -0.4 is 4.72 Å². The van der Waals surface area contributed by atoms with Crippen LogP contribution in [0.4, 0.5) is 10.1 Å². The van der Waals surface area contributed by atoms with E-state index < -0.39 is 15.8 Å². The van der Waals surface area contributed by atoms with E-state index in [1.54, 1.807) is 32.0 Å². The standard InChI is InChI=1S/C22H24FNO3S/c1-13-9-15(3)22(16(4)10-13)28(26,27)24-20-11-18(23)7-8-19(20)21-14(2)5-6-17(21)12-25/h7-12,17,24H,5-6H2,1-4H3. The zero-order chi connectivity index (χ0) is 20.6. The molecule has 2 aromatic rings. The van der Waals surface area contributed by atoms with Crippen molar-refractivity contribution in [1.29, 1.82) is 0 Å². The van der Waals surface area contributed by atoms with Gasteiger partial charge in [0.25, 0.3) is 10.0 Å². The summed E-state index contributed by atoms with van der Waals surface area (Å²) in [5.74, 6) is -0.853. The highest BCUT2D eigenvalue weighted by atomic mass is 32.2. The molecule has 0 fully saturated rings. The van der Waals surface area contributed by atoms with E-state index in [2.05, 4.69) is 4.72 Å². The molecule has 6 heteroatoms. The number of halogens is 1. The lowest BCUT2D eigenvalue weighted by atomic mass is 9.93. The maximum absolute atomic E-state index is 14.0. The van der Waals surface area contributed by atoms with E-state index in [-0.39, 0.29) is 16.5 Å². The molecule has 28 heavy (non-hydrogen) atoms. The molecule has 1 aliphatic rings. The highest BCUT2D eigenvalue weighted by Crippen LogP contribution is 2.41. The Hall–Kier alpha value is -2.47. The first-order valence-electron chi connectivity index (χ1n) is 9.19. The quantitative estimate of drug-likeness (QED) is 0.722. The monoisotopic (exact) mass is 401 g/mol. The van der Waals surface area contributed by atoms with Gasteiger partial charge in [-0.15, -0.1) is 0 Å². The number of allylic oxidation sites excluding steroid dienone is 2. The molecule has 0 saturated carbocycles. The smallest absolute Gasteiger partial charge is 0.262 e. The fourth-order valence-electron chi connectivity index (χ4n) is 4.16. The van der Waals surface area contributed by atoms with Crippen LogP contribution in [0.25, 0.3) is 5.57 Å². The molecular formula is C22H24FNO3S. The van der Waals surface area contributed by atoms with Crippen LogP contribution in [0.5, 0.6) is 0 Å². The van der Waals surface area contributed by atoms with Crippen LogP contribution in [-0.2, 0) is 14.8 Å². The highest BCUT2D eigenvalue weighted by Gasteiger charge is 2.28. The molecule has 148 valence electrons. The molecule has 4 nitrogen and oxygen atoms in total. The number of aldehydes is 1. The van der Waals surface area contributed by atoms with Gasteiger partial charge in [0.1, 0.15) is 12.1 Å². The first-order chi connectivity index (χ1) is 13.1. The zero-order valence-corrected chi connectivity index (χ0v) is 17.3. The van der Waals surface area contributed by atoms with Crippen LogP contribution in [0.1, 0.15) is 42.0 Å². The van der Waals surface area contributed by atoms with Gasteiger partial charge in [-0.1, -0.05) is 23.3 Å². The second-order valence-corrected chi connectivity index (χ2v) is 9.12. The third-order valence-electron chi connectivity index (χ3n) is 5.21. The topological polar surface area (TPSA) is 63.2 Å². The molecule has 1 unspecified atom stereocenters. The number of aryl methyl sites for hydroxylation is 3. The molecule has 0 aliphatic heterocycles. The summed E-state index contributed by atoms with van der Waals surface area (Å²) >= 11 is 0. The van der Waals surface area contributed by atoms with Crippen LogP contribution >= 0.6 is 0 Å². The van der Waals surface area contributed by atoms with Gasteiger partial charge < -0.3 is 4.79 Å². The molecule has 0 radical (unpaired) electrons. The normalized spacial score (nSPS) is 17.1. The van der Waals surface area contributed by atoms with Crippen LogP contribution in [0.2, 0.25) is 0 Å². The first kappa shape index (κ1) is 20.3. The van der Waals surface area contributed by atoms with Gasteiger partial charge in [-0.3, -0.25) is 4.72 Å². The predicted octanol–water partition coefficient (Wildman–Crippen LogP) is 4.93. The van der Waals surface area contributed by atoms with E-state index in [4.69, 9.17) is 0 Å². The summed E-state index contributed by atoms with van der Waals surface area (Å²) in [6.07, 6.45) is 2.32. The van der Waals surface area contributed by atoms with Crippen molar-refractivity contribution in [3.8, 4) is 0 Å². The second-order valence-electron chi connectivity index (χ2n) is 7.50. The van der Waals surface area contributed by atoms with Crippen molar-refractivity contribution in [1.82, 2.24) is 0 Å². The molecular weight excluding hydrogens is 377 g/mol. The second kappa shape index (κ2) is 7.51. The molecule has 0 aromatic heterocycles. The van der Waals surface area contributed by atoms with E-state index in [1.165, 1.54) is 12.1 Å². The molecule has 0 saturated heterocycles. The number of hydrogen-bond donors (Lipinski definition) is 1. The van der Waals surface area contributed by atoms with Crippen molar-refractivity contribution in [2.75, 3.05) is 4.72 Å². The molecule has 1 atom stereocenters. The Morgan fingerprint density at radius 1 is 1.07 bits per heavy atom. The van der Waals surface area contributed by atoms with Gasteiger partial charge in [0.05, 0.1) is 10.6 Å². The fraction of sp³-hybridized carbons (Fsp3) is 0.318. The number of rotatable bonds is 5. The SMILES string of the molecule is CC1=C(c2ccc(F)cc2NS(=O)(=O)c2c(C)cc(C)cc2C)C(C=O)CC1. The summed E-state index contributed by atoms with van der Waals surface area (Å²) in [6, 6.07) is 7.62. The van der Waals surface area contributed by atoms with Gasteiger partial charge in [-0.05, 0) is 75.4 Å². The number of carbonyl (C=O) groups is 1. The third kappa shape index (κ3) is 3.74. The summed E-state index contributed by atoms with van der Waals surface area (Å²) in [7, 11) is -3.93. The maximum atomic E-state index is 14.0. The molecule has 0 spiro atoms. The lowest BCUT2D eigenvalue weighted by Gasteiger charge is -2.18. The largest absolute Gasteiger partial charge is 0.303 e. The van der Waals surface area contributed by atoms with Crippen molar-refractivity contribution in [3.63, 3.8) is 0 Å². The molecule has 2 aromatic carbocycles. The van der Waals surface area contributed by atoms with Crippen LogP contribution in [0, 0.1) is 32.5 Å². The Bertz CT molecular complexity index is 1060. The Morgan fingerprint density at radius 2 is 1.71 bits per heavy atom. The van der Waals surface area contributed by atoms with Gasteiger partial charge in [0.2, 0.25) is 0 Å². The van der Waals surface area contributed by atoms with Crippen LogP contribution in [0.15, 0.2) is 40.8 Å². The minimum Gasteiger partial charge on any atom is -0.303 e. The minimum absolute atomic E-state index is 0.155. The number of sulfonamides is 1. The molecule has 1 N–H and O–H groups in total. The Morgan fingerprint density at radius 3 is 2.32 bits per heavy atom. The fourth-order valence-corrected chi connectivity index (χ4v) is 5.68. The number of nitrogens with one attached hydrogen (secondary N) is 1. The van der Waals surface area contributed by atoms with Crippen molar-refractivity contribution in [3.05, 3.63) is 64.0 Å². The van der Waals surface area contributed by atoms with Crippen LogP contribution in [0.3, 0.4) is 0 Å². The number of hydrogen-bond acceptors (Lipinski definition) is 3. The first-order valence-corrected chi connectivity index (χ1v) is 10.7. The highest BCUT2D eigenvalue weighted by molar-refractivity contribution is 7.92. The summed E-state index contributed by atoms with van der Waals surface area (Å²) in [4.78, 5) is 11.7.